The van der Waals surface area contributed by atoms with Crippen LogP contribution in [-0.4, -0.2) is 18.9 Å². The first-order chi connectivity index (χ1) is 6.13. The molecule has 0 N–H and O–H groups in total. The first-order valence-electron chi connectivity index (χ1n) is 3.96. The van der Waals surface area contributed by atoms with Gasteiger partial charge in [-0.05, 0) is 31.6 Å². The number of hydrogen-bond donors (Lipinski definition) is 0. The second-order valence-electron chi connectivity index (χ2n) is 2.86. The number of nitriles is 1. The van der Waals surface area contributed by atoms with Crippen LogP contribution in [0.4, 0.5) is 0 Å². The van der Waals surface area contributed by atoms with E-state index >= 15 is 0 Å². The van der Waals surface area contributed by atoms with Gasteiger partial charge in [0, 0.05) is 0 Å². The van der Waals surface area contributed by atoms with E-state index in [1.54, 1.807) is 12.1 Å². The lowest BCUT2D eigenvalue weighted by Gasteiger charge is -2.10. The van der Waals surface area contributed by atoms with Crippen molar-refractivity contribution in [2.45, 2.75) is 20.0 Å². The first kappa shape index (κ1) is 9.59. The molecular weight excluding hydrogens is 163 g/mol. The average Bonchev–Trinajstić information content (AvgIpc) is 2.07. The minimum absolute atomic E-state index is 0.0255. The van der Waals surface area contributed by atoms with Gasteiger partial charge in [-0.3, -0.25) is 4.98 Å². The zero-order chi connectivity index (χ0) is 9.84. The lowest BCUT2D eigenvalue weighted by Crippen LogP contribution is -2.13. The Hall–Kier alpha value is -1.50. The summed E-state index contributed by atoms with van der Waals surface area (Å²) in [4.78, 5) is 3.84. The monoisotopic (exact) mass is 172 g/mol. The van der Waals surface area contributed by atoms with E-state index in [0.29, 0.717) is 11.3 Å². The van der Waals surface area contributed by atoms with Crippen LogP contribution in [0.1, 0.15) is 19.5 Å². The summed E-state index contributed by atoms with van der Waals surface area (Å²) in [7, 11) is 5.42. The molecule has 0 atom stereocenters. The Bertz CT molecular complexity index is 344. The smallest absolute Gasteiger partial charge is 0.182 e. The quantitative estimate of drug-likeness (QED) is 0.611. The molecule has 0 aliphatic carbocycles. The second kappa shape index (κ2) is 3.95. The summed E-state index contributed by atoms with van der Waals surface area (Å²) >= 11 is 0. The SMILES string of the molecule is [B]c1ccc(OC(C)C)c(C#N)n1. The Morgan fingerprint density at radius 1 is 1.54 bits per heavy atom. The van der Waals surface area contributed by atoms with Crippen molar-refractivity contribution >= 4 is 13.4 Å². The molecule has 1 rings (SSSR count). The fourth-order valence-electron chi connectivity index (χ4n) is 0.891. The summed E-state index contributed by atoms with van der Waals surface area (Å²) in [5.41, 5.74) is 0.557. The van der Waals surface area contributed by atoms with Gasteiger partial charge in [-0.15, -0.1) is 0 Å². The molecule has 0 unspecified atom stereocenters. The molecule has 0 fully saturated rings. The van der Waals surface area contributed by atoms with Crippen molar-refractivity contribution in [1.29, 1.82) is 5.26 Å². The Kier molecular flexibility index (Phi) is 2.91. The van der Waals surface area contributed by atoms with Crippen molar-refractivity contribution in [2.24, 2.45) is 0 Å². The highest BCUT2D eigenvalue weighted by atomic mass is 16.5. The third kappa shape index (κ3) is 2.48. The van der Waals surface area contributed by atoms with Gasteiger partial charge in [-0.25, -0.2) is 0 Å². The Morgan fingerprint density at radius 2 is 2.23 bits per heavy atom. The molecule has 4 heteroatoms. The standard InChI is InChI=1S/C9H9BN2O/c1-6(2)13-8-3-4-9(10)12-7(8)5-11/h3-4,6H,1-2H3. The number of rotatable bonds is 2. The van der Waals surface area contributed by atoms with Crippen LogP contribution in [0.2, 0.25) is 0 Å². The van der Waals surface area contributed by atoms with Crippen LogP contribution in [0.25, 0.3) is 0 Å². The van der Waals surface area contributed by atoms with Crippen molar-refractivity contribution in [2.75, 3.05) is 0 Å². The van der Waals surface area contributed by atoms with Crippen LogP contribution in [0.5, 0.6) is 5.75 Å². The van der Waals surface area contributed by atoms with E-state index < -0.39 is 0 Å². The molecule has 0 aliphatic rings. The molecule has 1 aromatic heterocycles. The van der Waals surface area contributed by atoms with E-state index in [1.807, 2.05) is 19.9 Å². The van der Waals surface area contributed by atoms with Gasteiger partial charge >= 0.3 is 0 Å². The molecule has 0 aromatic carbocycles. The molecular formula is C9H9BN2O. The maximum Gasteiger partial charge on any atom is 0.182 e. The highest BCUT2D eigenvalue weighted by Gasteiger charge is 2.05. The van der Waals surface area contributed by atoms with E-state index in [-0.39, 0.29) is 11.8 Å². The summed E-state index contributed by atoms with van der Waals surface area (Å²) in [5.74, 6) is 0.478. The van der Waals surface area contributed by atoms with Crippen molar-refractivity contribution < 1.29 is 4.74 Å². The number of hydrogen-bond acceptors (Lipinski definition) is 3. The van der Waals surface area contributed by atoms with Gasteiger partial charge in [0.05, 0.1) is 6.10 Å². The molecule has 0 aliphatic heterocycles. The van der Waals surface area contributed by atoms with Crippen LogP contribution in [0, 0.1) is 11.3 Å². The number of nitrogens with zero attached hydrogens (tertiary/aromatic N) is 2. The largest absolute Gasteiger partial charge is 0.488 e. The molecule has 3 nitrogen and oxygen atoms in total. The number of ether oxygens (including phenoxy) is 1. The molecule has 13 heavy (non-hydrogen) atoms. The molecule has 0 bridgehead atoms. The topological polar surface area (TPSA) is 45.9 Å². The lowest BCUT2D eigenvalue weighted by atomic mass is 10.0. The van der Waals surface area contributed by atoms with Gasteiger partial charge in [-0.2, -0.15) is 5.26 Å². The van der Waals surface area contributed by atoms with Gasteiger partial charge in [0.1, 0.15) is 13.9 Å². The van der Waals surface area contributed by atoms with Gasteiger partial charge in [0.2, 0.25) is 0 Å². The predicted molar refractivity (Wildman–Crippen MR) is 50.1 cm³/mol. The van der Waals surface area contributed by atoms with E-state index in [9.17, 15) is 0 Å². The fourth-order valence-corrected chi connectivity index (χ4v) is 0.891. The molecule has 0 saturated heterocycles. The molecule has 0 spiro atoms. The van der Waals surface area contributed by atoms with Gasteiger partial charge in [-0.1, -0.05) is 0 Å². The minimum Gasteiger partial charge on any atom is -0.488 e. The van der Waals surface area contributed by atoms with Crippen molar-refractivity contribution in [3.8, 4) is 11.8 Å². The summed E-state index contributed by atoms with van der Waals surface area (Å²) in [6.45, 7) is 3.77. The Balaban J connectivity index is 3.01. The van der Waals surface area contributed by atoms with Gasteiger partial charge in [0.15, 0.2) is 11.4 Å². The third-order valence-electron chi connectivity index (χ3n) is 1.35. The average molecular weight is 172 g/mol. The van der Waals surface area contributed by atoms with Crippen LogP contribution in [0.15, 0.2) is 12.1 Å². The van der Waals surface area contributed by atoms with E-state index in [1.165, 1.54) is 0 Å². The van der Waals surface area contributed by atoms with Crippen LogP contribution < -0.4 is 10.3 Å². The molecule has 0 saturated carbocycles. The van der Waals surface area contributed by atoms with Gasteiger partial charge < -0.3 is 4.74 Å². The third-order valence-corrected chi connectivity index (χ3v) is 1.35. The maximum absolute atomic E-state index is 8.71. The Labute approximate surface area is 78.8 Å². The van der Waals surface area contributed by atoms with Crippen molar-refractivity contribution in [1.82, 2.24) is 4.98 Å². The minimum atomic E-state index is 0.0255. The maximum atomic E-state index is 8.71. The number of pyridine rings is 1. The highest BCUT2D eigenvalue weighted by Crippen LogP contribution is 2.14. The van der Waals surface area contributed by atoms with E-state index in [4.69, 9.17) is 17.8 Å². The fraction of sp³-hybridized carbons (Fsp3) is 0.333. The second-order valence-corrected chi connectivity index (χ2v) is 2.86. The zero-order valence-electron chi connectivity index (χ0n) is 7.61. The summed E-state index contributed by atoms with van der Waals surface area (Å²) in [5, 5.41) is 8.71. The lowest BCUT2D eigenvalue weighted by molar-refractivity contribution is 0.241. The Morgan fingerprint density at radius 3 is 2.77 bits per heavy atom. The summed E-state index contributed by atoms with van der Waals surface area (Å²) in [6, 6.07) is 5.19. The van der Waals surface area contributed by atoms with Crippen LogP contribution >= 0.6 is 0 Å². The predicted octanol–water partition coefficient (Wildman–Crippen LogP) is 0.534. The molecule has 1 heterocycles. The van der Waals surface area contributed by atoms with Crippen molar-refractivity contribution in [3.05, 3.63) is 17.8 Å². The zero-order valence-corrected chi connectivity index (χ0v) is 7.61. The molecule has 0 amide bonds. The van der Waals surface area contributed by atoms with E-state index in [2.05, 4.69) is 4.98 Å². The van der Waals surface area contributed by atoms with Gasteiger partial charge in [0.25, 0.3) is 0 Å². The first-order valence-corrected chi connectivity index (χ1v) is 3.96. The van der Waals surface area contributed by atoms with Crippen molar-refractivity contribution in [3.63, 3.8) is 0 Å². The summed E-state index contributed by atoms with van der Waals surface area (Å²) in [6.07, 6.45) is 0.0255. The molecule has 2 radical (unpaired) electrons. The molecule has 64 valence electrons. The van der Waals surface area contributed by atoms with Crippen LogP contribution in [-0.2, 0) is 0 Å². The number of aromatic nitrogens is 1. The highest BCUT2D eigenvalue weighted by molar-refractivity contribution is 6.30. The molecule has 1 aromatic rings. The van der Waals surface area contributed by atoms with E-state index in [0.717, 1.165) is 0 Å². The van der Waals surface area contributed by atoms with Crippen LogP contribution in [0.3, 0.4) is 0 Å². The normalized spacial score (nSPS) is 9.69. The summed E-state index contributed by atoms with van der Waals surface area (Å²) < 4.78 is 5.35.